The molecule has 2 fully saturated rings. The largest absolute Gasteiger partial charge is 0.395 e. The summed E-state index contributed by atoms with van der Waals surface area (Å²) in [6, 6.07) is -0.274. The molecule has 16 heavy (non-hydrogen) atoms. The number of aliphatic hydroxyl groups excluding tert-OH is 1. The molecule has 0 saturated carbocycles. The Morgan fingerprint density at radius 2 is 1.94 bits per heavy atom. The summed E-state index contributed by atoms with van der Waals surface area (Å²) in [7, 11) is 0. The Morgan fingerprint density at radius 3 is 2.44 bits per heavy atom. The minimum absolute atomic E-state index is 0.166. The highest BCUT2D eigenvalue weighted by atomic mass is 16.3. The van der Waals surface area contributed by atoms with Gasteiger partial charge < -0.3 is 5.11 Å². The highest BCUT2D eigenvalue weighted by molar-refractivity contribution is 6.05. The molecule has 0 bridgehead atoms. The number of imide groups is 1. The number of hydrogen-bond acceptors (Lipinski definition) is 5. The number of amides is 2. The van der Waals surface area contributed by atoms with Crippen LogP contribution in [-0.2, 0) is 9.59 Å². The van der Waals surface area contributed by atoms with Crippen molar-refractivity contribution in [3.8, 4) is 0 Å². The Labute approximate surface area is 94.2 Å². The Hall–Kier alpha value is -0.980. The maximum Gasteiger partial charge on any atom is 0.244 e. The van der Waals surface area contributed by atoms with Crippen molar-refractivity contribution in [2.45, 2.75) is 12.5 Å². The molecule has 6 heteroatoms. The first-order valence-electron chi connectivity index (χ1n) is 5.61. The summed E-state index contributed by atoms with van der Waals surface area (Å²) in [6.07, 6.45) is 0.291. The van der Waals surface area contributed by atoms with Gasteiger partial charge in [-0.25, -0.2) is 0 Å². The second-order valence-corrected chi connectivity index (χ2v) is 4.23. The van der Waals surface area contributed by atoms with Gasteiger partial charge in [0.25, 0.3) is 0 Å². The van der Waals surface area contributed by atoms with E-state index in [1.165, 1.54) is 0 Å². The topological polar surface area (TPSA) is 72.9 Å². The van der Waals surface area contributed by atoms with Gasteiger partial charge in [0, 0.05) is 32.7 Å². The Balaban J connectivity index is 1.85. The molecule has 6 nitrogen and oxygen atoms in total. The number of carbonyl (C=O) groups is 2. The number of aliphatic hydroxyl groups is 1. The van der Waals surface area contributed by atoms with Crippen LogP contribution in [0.5, 0.6) is 0 Å². The van der Waals surface area contributed by atoms with Gasteiger partial charge in [-0.2, -0.15) is 0 Å². The van der Waals surface area contributed by atoms with Gasteiger partial charge in [0.15, 0.2) is 0 Å². The van der Waals surface area contributed by atoms with Gasteiger partial charge in [0.2, 0.25) is 11.8 Å². The molecule has 2 aliphatic heterocycles. The predicted molar refractivity (Wildman–Crippen MR) is 56.7 cm³/mol. The van der Waals surface area contributed by atoms with Crippen LogP contribution < -0.4 is 5.32 Å². The fraction of sp³-hybridized carbons (Fsp3) is 0.800. The number of carbonyl (C=O) groups excluding carboxylic acids is 2. The van der Waals surface area contributed by atoms with E-state index in [9.17, 15) is 9.59 Å². The average molecular weight is 227 g/mol. The summed E-state index contributed by atoms with van der Waals surface area (Å²) >= 11 is 0. The van der Waals surface area contributed by atoms with Crippen molar-refractivity contribution in [2.75, 3.05) is 39.3 Å². The maximum atomic E-state index is 11.5. The van der Waals surface area contributed by atoms with Gasteiger partial charge in [-0.15, -0.1) is 0 Å². The summed E-state index contributed by atoms with van der Waals surface area (Å²) in [4.78, 5) is 26.7. The molecule has 2 amide bonds. The molecule has 2 aliphatic rings. The molecule has 0 aromatic carbocycles. The normalized spacial score (nSPS) is 28.4. The smallest absolute Gasteiger partial charge is 0.244 e. The van der Waals surface area contributed by atoms with Crippen molar-refractivity contribution >= 4 is 11.8 Å². The van der Waals surface area contributed by atoms with Gasteiger partial charge in [-0.3, -0.25) is 24.7 Å². The summed E-state index contributed by atoms with van der Waals surface area (Å²) in [6.45, 7) is 4.11. The SMILES string of the molecule is O=C1C[C@H](N2CCN(CCO)CC2)C(=O)N1. The fourth-order valence-corrected chi connectivity index (χ4v) is 2.28. The van der Waals surface area contributed by atoms with Crippen LogP contribution in [-0.4, -0.2) is 72.1 Å². The number of rotatable bonds is 3. The number of hydrogen-bond donors (Lipinski definition) is 2. The molecule has 2 N–H and O–H groups in total. The lowest BCUT2D eigenvalue weighted by Gasteiger charge is -2.36. The van der Waals surface area contributed by atoms with Gasteiger partial charge >= 0.3 is 0 Å². The molecule has 1 atom stereocenters. The first kappa shape index (κ1) is 11.5. The minimum atomic E-state index is -0.274. The van der Waals surface area contributed by atoms with E-state index >= 15 is 0 Å². The van der Waals surface area contributed by atoms with E-state index in [2.05, 4.69) is 10.2 Å². The van der Waals surface area contributed by atoms with Crippen LogP contribution >= 0.6 is 0 Å². The van der Waals surface area contributed by atoms with Crippen LogP contribution in [0.4, 0.5) is 0 Å². The minimum Gasteiger partial charge on any atom is -0.395 e. The fourth-order valence-electron chi connectivity index (χ4n) is 2.28. The molecular formula is C10H17N3O3. The van der Waals surface area contributed by atoms with Gasteiger partial charge in [-0.05, 0) is 0 Å². The van der Waals surface area contributed by atoms with Crippen LogP contribution in [0.15, 0.2) is 0 Å². The molecule has 0 unspecified atom stereocenters. The van der Waals surface area contributed by atoms with Crippen molar-refractivity contribution in [3.63, 3.8) is 0 Å². The second-order valence-electron chi connectivity index (χ2n) is 4.23. The van der Waals surface area contributed by atoms with Crippen LogP contribution in [0.1, 0.15) is 6.42 Å². The molecule has 2 saturated heterocycles. The summed E-state index contributed by atoms with van der Waals surface area (Å²) in [5, 5.41) is 11.1. The molecule has 90 valence electrons. The van der Waals surface area contributed by atoms with Crippen LogP contribution in [0.3, 0.4) is 0 Å². The third kappa shape index (κ3) is 2.40. The lowest BCUT2D eigenvalue weighted by Crippen LogP contribution is -2.52. The van der Waals surface area contributed by atoms with Gasteiger partial charge in [0.1, 0.15) is 0 Å². The highest BCUT2D eigenvalue weighted by Crippen LogP contribution is 2.13. The number of nitrogens with one attached hydrogen (secondary N) is 1. The molecule has 0 aromatic heterocycles. The van der Waals surface area contributed by atoms with Crippen molar-refractivity contribution in [1.82, 2.24) is 15.1 Å². The van der Waals surface area contributed by atoms with E-state index < -0.39 is 0 Å². The summed E-state index contributed by atoms with van der Waals surface area (Å²) in [5.41, 5.74) is 0. The van der Waals surface area contributed by atoms with Crippen molar-refractivity contribution in [3.05, 3.63) is 0 Å². The standard InChI is InChI=1S/C10H17N3O3/c14-6-5-12-1-3-13(4-2-12)8-7-9(15)11-10(8)16/h8,14H,1-7H2,(H,11,15,16)/t8-/m0/s1. The molecule has 0 aliphatic carbocycles. The predicted octanol–water partition coefficient (Wildman–Crippen LogP) is -1.99. The van der Waals surface area contributed by atoms with Crippen molar-refractivity contribution in [1.29, 1.82) is 0 Å². The number of piperazine rings is 1. The van der Waals surface area contributed by atoms with E-state index in [0.717, 1.165) is 26.2 Å². The molecular weight excluding hydrogens is 210 g/mol. The summed E-state index contributed by atoms with van der Waals surface area (Å²) in [5.74, 6) is -0.339. The molecule has 0 radical (unpaired) electrons. The maximum absolute atomic E-state index is 11.5. The lowest BCUT2D eigenvalue weighted by atomic mass is 10.2. The zero-order valence-corrected chi connectivity index (χ0v) is 9.19. The zero-order chi connectivity index (χ0) is 11.5. The van der Waals surface area contributed by atoms with E-state index in [1.807, 2.05) is 4.90 Å². The van der Waals surface area contributed by atoms with Gasteiger partial charge in [0.05, 0.1) is 19.1 Å². The van der Waals surface area contributed by atoms with Crippen molar-refractivity contribution < 1.29 is 14.7 Å². The van der Waals surface area contributed by atoms with E-state index in [1.54, 1.807) is 0 Å². The van der Waals surface area contributed by atoms with E-state index in [-0.39, 0.29) is 24.5 Å². The zero-order valence-electron chi connectivity index (χ0n) is 9.19. The van der Waals surface area contributed by atoms with Gasteiger partial charge in [-0.1, -0.05) is 0 Å². The van der Waals surface area contributed by atoms with E-state index in [4.69, 9.17) is 5.11 Å². The van der Waals surface area contributed by atoms with E-state index in [0.29, 0.717) is 13.0 Å². The first-order chi connectivity index (χ1) is 7.70. The third-order valence-corrected chi connectivity index (χ3v) is 3.21. The Bertz CT molecular complexity index is 287. The highest BCUT2D eigenvalue weighted by Gasteiger charge is 2.36. The number of nitrogens with zero attached hydrogens (tertiary/aromatic N) is 2. The van der Waals surface area contributed by atoms with Crippen LogP contribution in [0.2, 0.25) is 0 Å². The monoisotopic (exact) mass is 227 g/mol. The Kier molecular flexibility index (Phi) is 3.52. The number of β-amino-alcohol motifs (C(OH)–C–C–N with tert-alkyl or cyclic N) is 1. The lowest BCUT2D eigenvalue weighted by molar-refractivity contribution is -0.126. The second kappa shape index (κ2) is 4.90. The average Bonchev–Trinajstić information content (AvgIpc) is 2.59. The molecule has 2 rings (SSSR count). The molecule has 0 aromatic rings. The third-order valence-electron chi connectivity index (χ3n) is 3.21. The van der Waals surface area contributed by atoms with Crippen LogP contribution in [0.25, 0.3) is 0 Å². The molecule has 0 spiro atoms. The molecule has 2 heterocycles. The first-order valence-corrected chi connectivity index (χ1v) is 5.61. The quantitative estimate of drug-likeness (QED) is 0.546. The Morgan fingerprint density at radius 1 is 1.25 bits per heavy atom. The summed E-state index contributed by atoms with van der Waals surface area (Å²) < 4.78 is 0. The van der Waals surface area contributed by atoms with Crippen molar-refractivity contribution in [2.24, 2.45) is 0 Å². The van der Waals surface area contributed by atoms with Crippen LogP contribution in [0, 0.1) is 0 Å².